The molecule has 1 aliphatic carbocycles. The quantitative estimate of drug-likeness (QED) is 0.158. The molecule has 2 nitrogen and oxygen atoms in total. The van der Waals surface area contributed by atoms with Crippen LogP contribution in [0.1, 0.15) is 51.7 Å². The van der Waals surface area contributed by atoms with Crippen LogP contribution in [0.15, 0.2) is 194 Å². The summed E-state index contributed by atoms with van der Waals surface area (Å²) >= 11 is 0. The summed E-state index contributed by atoms with van der Waals surface area (Å²) in [6.07, 6.45) is 2.37. The average Bonchev–Trinajstić information content (AvgIpc) is 3.60. The lowest BCUT2D eigenvalue weighted by atomic mass is 9.63. The minimum atomic E-state index is 0.0997. The van der Waals surface area contributed by atoms with Crippen molar-refractivity contribution in [2.24, 2.45) is 0 Å². The molecule has 0 N–H and O–H groups in total. The van der Waals surface area contributed by atoms with Gasteiger partial charge in [0.2, 0.25) is 0 Å². The van der Waals surface area contributed by atoms with E-state index in [-0.39, 0.29) is 10.8 Å². The third kappa shape index (κ3) is 6.12. The Hall–Kier alpha value is -6.64. The van der Waals surface area contributed by atoms with Gasteiger partial charge in [-0.2, -0.15) is 0 Å². The molecular formula is C56H48N2. The first kappa shape index (κ1) is 35.8. The van der Waals surface area contributed by atoms with Crippen molar-refractivity contribution in [3.05, 3.63) is 205 Å². The summed E-state index contributed by atoms with van der Waals surface area (Å²) in [6.45, 7) is 9.66. The maximum Gasteiger partial charge on any atom is 0.0561 e. The Morgan fingerprint density at radius 3 is 1.69 bits per heavy atom. The molecule has 9 aromatic rings. The number of fused-ring (bicyclic) bond motifs is 4. The van der Waals surface area contributed by atoms with Crippen molar-refractivity contribution < 1.29 is 0 Å². The summed E-state index contributed by atoms with van der Waals surface area (Å²) in [7, 11) is 0. The maximum atomic E-state index is 2.50. The van der Waals surface area contributed by atoms with E-state index >= 15 is 0 Å². The van der Waals surface area contributed by atoms with E-state index in [9.17, 15) is 0 Å². The third-order valence-electron chi connectivity index (χ3n) is 12.7. The Morgan fingerprint density at radius 2 is 0.966 bits per heavy atom. The monoisotopic (exact) mass is 748 g/mol. The van der Waals surface area contributed by atoms with Gasteiger partial charge in [-0.1, -0.05) is 173 Å². The molecule has 0 bridgehead atoms. The molecule has 282 valence electrons. The second-order valence-electron chi connectivity index (χ2n) is 17.2. The Bertz CT molecular complexity index is 2930. The Morgan fingerprint density at radius 1 is 0.397 bits per heavy atom. The molecule has 1 aliphatic rings. The van der Waals surface area contributed by atoms with Crippen molar-refractivity contribution >= 4 is 38.9 Å². The zero-order chi connectivity index (χ0) is 39.4. The van der Waals surface area contributed by atoms with E-state index in [0.29, 0.717) is 0 Å². The number of hydrogen-bond donors (Lipinski definition) is 0. The third-order valence-corrected chi connectivity index (χ3v) is 12.7. The van der Waals surface area contributed by atoms with Crippen LogP contribution in [0, 0.1) is 0 Å². The van der Waals surface area contributed by atoms with Crippen molar-refractivity contribution in [3.8, 4) is 39.1 Å². The number of rotatable bonds is 7. The molecular weight excluding hydrogens is 701 g/mol. The second kappa shape index (κ2) is 14.1. The van der Waals surface area contributed by atoms with E-state index in [1.807, 2.05) is 0 Å². The SMILES string of the molecule is CC1(C)CCC(C)(C)c2cc(-n3c4ccccc4c4ccc(N(c5ccccc5-c5ccccc5)c5ccc(-c6ccccc6)cc5-c5ccccc5)cc43)ccc21. The predicted octanol–water partition coefficient (Wildman–Crippen LogP) is 15.6. The molecule has 0 saturated heterocycles. The lowest BCUT2D eigenvalue weighted by Gasteiger charge is -2.42. The molecule has 0 spiro atoms. The molecule has 10 rings (SSSR count). The van der Waals surface area contributed by atoms with Crippen molar-refractivity contribution in [2.75, 3.05) is 4.90 Å². The number of anilines is 3. The van der Waals surface area contributed by atoms with Gasteiger partial charge in [0.1, 0.15) is 0 Å². The zero-order valence-corrected chi connectivity index (χ0v) is 33.8. The first-order valence-electron chi connectivity index (χ1n) is 20.6. The van der Waals surface area contributed by atoms with Crippen LogP contribution in [-0.2, 0) is 10.8 Å². The highest BCUT2D eigenvalue weighted by Gasteiger charge is 2.37. The fraction of sp³-hybridized carbons (Fsp3) is 0.143. The molecule has 0 amide bonds. The largest absolute Gasteiger partial charge is 0.309 e. The summed E-state index contributed by atoms with van der Waals surface area (Å²) < 4.78 is 2.50. The standard InChI is InChI=1S/C56H48N2/c1-55(2)34-35-56(3,4)50-37-43(30-32-49(50)55)58-52-27-17-15-25-46(52)47-31-29-44(38-54(47)58)57(51-26-16-14-24-45(51)40-20-10-6-11-21-40)53-33-28-42(39-18-8-5-9-19-39)36-48(53)41-22-12-7-13-23-41/h5-33,36-38H,34-35H2,1-4H3. The van der Waals surface area contributed by atoms with Gasteiger partial charge in [-0.3, -0.25) is 0 Å². The predicted molar refractivity (Wildman–Crippen MR) is 247 cm³/mol. The summed E-state index contributed by atoms with van der Waals surface area (Å²) in [5.41, 5.74) is 17.2. The summed E-state index contributed by atoms with van der Waals surface area (Å²) in [5, 5.41) is 2.51. The topological polar surface area (TPSA) is 8.17 Å². The Labute approximate surface area is 342 Å². The van der Waals surface area contributed by atoms with Crippen molar-refractivity contribution in [1.82, 2.24) is 4.57 Å². The molecule has 0 aliphatic heterocycles. The molecule has 1 heterocycles. The average molecular weight is 749 g/mol. The molecule has 58 heavy (non-hydrogen) atoms. The van der Waals surface area contributed by atoms with E-state index in [4.69, 9.17) is 0 Å². The molecule has 0 fully saturated rings. The van der Waals surface area contributed by atoms with E-state index in [1.54, 1.807) is 0 Å². The van der Waals surface area contributed by atoms with E-state index < -0.39 is 0 Å². The van der Waals surface area contributed by atoms with E-state index in [2.05, 4.69) is 231 Å². The number of nitrogens with zero attached hydrogens (tertiary/aromatic N) is 2. The van der Waals surface area contributed by atoms with Crippen molar-refractivity contribution in [2.45, 2.75) is 51.4 Å². The van der Waals surface area contributed by atoms with Gasteiger partial charge in [-0.15, -0.1) is 0 Å². The Kier molecular flexibility index (Phi) is 8.68. The van der Waals surface area contributed by atoms with Crippen LogP contribution in [0.25, 0.3) is 60.9 Å². The van der Waals surface area contributed by atoms with Gasteiger partial charge in [0.15, 0.2) is 0 Å². The van der Waals surface area contributed by atoms with Crippen LogP contribution in [0.4, 0.5) is 17.1 Å². The van der Waals surface area contributed by atoms with Crippen molar-refractivity contribution in [3.63, 3.8) is 0 Å². The molecule has 0 unspecified atom stereocenters. The van der Waals surface area contributed by atoms with Gasteiger partial charge in [-0.25, -0.2) is 0 Å². The van der Waals surface area contributed by atoms with Crippen LogP contribution in [-0.4, -0.2) is 4.57 Å². The highest BCUT2D eigenvalue weighted by molar-refractivity contribution is 6.11. The van der Waals surface area contributed by atoms with Crippen LogP contribution >= 0.6 is 0 Å². The number of aromatic nitrogens is 1. The first-order chi connectivity index (χ1) is 28.3. The highest BCUT2D eigenvalue weighted by atomic mass is 15.1. The molecule has 2 heteroatoms. The fourth-order valence-electron chi connectivity index (χ4n) is 9.42. The van der Waals surface area contributed by atoms with E-state index in [0.717, 1.165) is 17.1 Å². The number of hydrogen-bond acceptors (Lipinski definition) is 1. The molecule has 8 aromatic carbocycles. The summed E-state index contributed by atoms with van der Waals surface area (Å²) in [4.78, 5) is 2.49. The number of para-hydroxylation sites is 2. The molecule has 1 aromatic heterocycles. The second-order valence-corrected chi connectivity index (χ2v) is 17.2. The van der Waals surface area contributed by atoms with Crippen LogP contribution in [0.2, 0.25) is 0 Å². The fourth-order valence-corrected chi connectivity index (χ4v) is 9.42. The summed E-state index contributed by atoms with van der Waals surface area (Å²) in [6, 6.07) is 71.4. The zero-order valence-electron chi connectivity index (χ0n) is 33.8. The lowest BCUT2D eigenvalue weighted by Crippen LogP contribution is -2.33. The Balaban J connectivity index is 1.26. The maximum absolute atomic E-state index is 2.50. The van der Waals surface area contributed by atoms with Crippen LogP contribution in [0.5, 0.6) is 0 Å². The lowest BCUT2D eigenvalue weighted by molar-refractivity contribution is 0.332. The first-order valence-corrected chi connectivity index (χ1v) is 20.6. The molecule has 0 radical (unpaired) electrons. The molecule has 0 atom stereocenters. The van der Waals surface area contributed by atoms with Gasteiger partial charge in [0, 0.05) is 33.3 Å². The van der Waals surface area contributed by atoms with Gasteiger partial charge >= 0.3 is 0 Å². The normalized spacial score (nSPS) is 14.3. The van der Waals surface area contributed by atoms with Gasteiger partial charge < -0.3 is 9.47 Å². The van der Waals surface area contributed by atoms with Gasteiger partial charge in [-0.05, 0) is 106 Å². The highest BCUT2D eigenvalue weighted by Crippen LogP contribution is 2.49. The van der Waals surface area contributed by atoms with Crippen LogP contribution < -0.4 is 4.90 Å². The molecule has 0 saturated carbocycles. The van der Waals surface area contributed by atoms with Crippen molar-refractivity contribution in [1.29, 1.82) is 0 Å². The summed E-state index contributed by atoms with van der Waals surface area (Å²) in [5.74, 6) is 0. The van der Waals surface area contributed by atoms with Gasteiger partial charge in [0.05, 0.1) is 22.4 Å². The minimum Gasteiger partial charge on any atom is -0.309 e. The smallest absolute Gasteiger partial charge is 0.0561 e. The van der Waals surface area contributed by atoms with Crippen LogP contribution in [0.3, 0.4) is 0 Å². The number of benzene rings is 8. The minimum absolute atomic E-state index is 0.0997. The van der Waals surface area contributed by atoms with Gasteiger partial charge in [0.25, 0.3) is 0 Å². The van der Waals surface area contributed by atoms with E-state index in [1.165, 1.54) is 84.8 Å².